The Hall–Kier alpha value is -1.17. The van der Waals surface area contributed by atoms with E-state index >= 15 is 0 Å². The Labute approximate surface area is 99.5 Å². The number of hydrogen-bond donors (Lipinski definition) is 3. The molecule has 1 unspecified atom stereocenters. The van der Waals surface area contributed by atoms with Crippen molar-refractivity contribution in [3.05, 3.63) is 36.5 Å². The van der Waals surface area contributed by atoms with Crippen molar-refractivity contribution in [3.63, 3.8) is 0 Å². The van der Waals surface area contributed by atoms with Gasteiger partial charge in [-0.25, -0.2) is 4.39 Å². The molecular weight excluding hydrogens is 223 g/mol. The van der Waals surface area contributed by atoms with Gasteiger partial charge in [-0.15, -0.1) is 0 Å². The second-order valence-electron chi connectivity index (χ2n) is 4.36. The second kappa shape index (κ2) is 4.25. The number of aliphatic hydroxyl groups excluding tert-OH is 1. The summed E-state index contributed by atoms with van der Waals surface area (Å²) in [6, 6.07) is 3.64. The summed E-state index contributed by atoms with van der Waals surface area (Å²) in [6.45, 7) is 4.09. The van der Waals surface area contributed by atoms with E-state index in [2.05, 4.69) is 6.92 Å². The summed E-state index contributed by atoms with van der Waals surface area (Å²) in [7, 11) is 0. The van der Waals surface area contributed by atoms with Crippen molar-refractivity contribution in [2.24, 2.45) is 5.73 Å². The standard InChI is InChI=1S/C12H16FN2O2/c1-8(16)15-6-2-5-12(15,14)10-7-9(13)3-4-11(10)17/h3-4,7-8,16-17H,1-2,5-6,14H2/t8?,12-/m0/s1. The van der Waals surface area contributed by atoms with E-state index in [-0.39, 0.29) is 11.3 Å². The lowest BCUT2D eigenvalue weighted by atomic mass is 9.96. The zero-order valence-electron chi connectivity index (χ0n) is 9.43. The van der Waals surface area contributed by atoms with Crippen LogP contribution in [0.25, 0.3) is 0 Å². The van der Waals surface area contributed by atoms with E-state index in [9.17, 15) is 14.6 Å². The van der Waals surface area contributed by atoms with Gasteiger partial charge in [-0.1, -0.05) is 0 Å². The highest BCUT2D eigenvalue weighted by Gasteiger charge is 2.42. The maximum absolute atomic E-state index is 13.2. The monoisotopic (exact) mass is 239 g/mol. The van der Waals surface area contributed by atoms with Gasteiger partial charge >= 0.3 is 0 Å². The number of rotatable bonds is 2. The molecule has 1 saturated heterocycles. The van der Waals surface area contributed by atoms with Crippen LogP contribution in [0.15, 0.2) is 18.2 Å². The van der Waals surface area contributed by atoms with Crippen LogP contribution in [0.1, 0.15) is 18.4 Å². The first-order chi connectivity index (χ1) is 7.95. The number of nitrogens with zero attached hydrogens (tertiary/aromatic N) is 1. The van der Waals surface area contributed by atoms with Gasteiger partial charge in [0, 0.05) is 12.1 Å². The van der Waals surface area contributed by atoms with Crippen molar-refractivity contribution >= 4 is 0 Å². The molecule has 4 nitrogen and oxygen atoms in total. The Morgan fingerprint density at radius 1 is 1.53 bits per heavy atom. The van der Waals surface area contributed by atoms with E-state index in [1.807, 2.05) is 0 Å². The summed E-state index contributed by atoms with van der Waals surface area (Å²) in [4.78, 5) is 1.56. The van der Waals surface area contributed by atoms with Crippen LogP contribution in [0.3, 0.4) is 0 Å². The molecule has 2 atom stereocenters. The zero-order chi connectivity index (χ0) is 12.6. The molecule has 2 rings (SSSR count). The third kappa shape index (κ3) is 2.01. The van der Waals surface area contributed by atoms with Crippen LogP contribution in [-0.4, -0.2) is 27.9 Å². The Morgan fingerprint density at radius 3 is 2.88 bits per heavy atom. The molecule has 1 aliphatic heterocycles. The molecule has 1 aromatic carbocycles. The fraction of sp³-hybridized carbons (Fsp3) is 0.417. The van der Waals surface area contributed by atoms with Gasteiger partial charge in [0.25, 0.3) is 0 Å². The molecule has 1 fully saturated rings. The van der Waals surface area contributed by atoms with Gasteiger partial charge in [0.2, 0.25) is 0 Å². The molecule has 0 aliphatic carbocycles. The van der Waals surface area contributed by atoms with Crippen LogP contribution in [0.5, 0.6) is 5.75 Å². The summed E-state index contributed by atoms with van der Waals surface area (Å²) in [6.07, 6.45) is 0.320. The van der Waals surface area contributed by atoms with Gasteiger partial charge < -0.3 is 15.9 Å². The first kappa shape index (κ1) is 12.3. The quantitative estimate of drug-likeness (QED) is 0.717. The van der Waals surface area contributed by atoms with Crippen molar-refractivity contribution in [3.8, 4) is 5.75 Å². The molecule has 4 N–H and O–H groups in total. The molecule has 0 spiro atoms. The predicted octanol–water partition coefficient (Wildman–Crippen LogP) is 0.891. The highest BCUT2D eigenvalue weighted by Crippen LogP contribution is 2.39. The Morgan fingerprint density at radius 2 is 2.24 bits per heavy atom. The molecule has 1 radical (unpaired) electrons. The fourth-order valence-electron chi connectivity index (χ4n) is 2.42. The molecule has 1 aliphatic rings. The van der Waals surface area contributed by atoms with E-state index < -0.39 is 17.7 Å². The molecule has 0 saturated carbocycles. The zero-order valence-corrected chi connectivity index (χ0v) is 9.43. The summed E-state index contributed by atoms with van der Waals surface area (Å²) in [5, 5.41) is 19.4. The third-order valence-corrected chi connectivity index (χ3v) is 3.25. The number of nitrogens with two attached hydrogens (primary N) is 1. The first-order valence-corrected chi connectivity index (χ1v) is 5.51. The summed E-state index contributed by atoms with van der Waals surface area (Å²) in [5.74, 6) is -0.533. The van der Waals surface area contributed by atoms with Gasteiger partial charge in [0.15, 0.2) is 0 Å². The highest BCUT2D eigenvalue weighted by molar-refractivity contribution is 5.38. The van der Waals surface area contributed by atoms with Crippen molar-refractivity contribution in [2.75, 3.05) is 6.54 Å². The minimum Gasteiger partial charge on any atom is -0.508 e. The number of phenolic OH excluding ortho intramolecular Hbond substituents is 1. The average Bonchev–Trinajstić information content (AvgIpc) is 2.65. The smallest absolute Gasteiger partial charge is 0.123 e. The molecule has 0 aromatic heterocycles. The lowest BCUT2D eigenvalue weighted by molar-refractivity contribution is -0.0181. The van der Waals surface area contributed by atoms with Crippen LogP contribution < -0.4 is 5.73 Å². The van der Waals surface area contributed by atoms with Gasteiger partial charge in [-0.2, -0.15) is 0 Å². The predicted molar refractivity (Wildman–Crippen MR) is 61.2 cm³/mol. The Balaban J connectivity index is 2.46. The maximum Gasteiger partial charge on any atom is 0.123 e. The molecular formula is C12H16FN2O2. The largest absolute Gasteiger partial charge is 0.508 e. The van der Waals surface area contributed by atoms with E-state index in [0.717, 1.165) is 6.42 Å². The lowest BCUT2D eigenvalue weighted by Crippen LogP contribution is -2.52. The number of aliphatic hydroxyl groups is 1. The Bertz CT molecular complexity index is 425. The first-order valence-electron chi connectivity index (χ1n) is 5.51. The molecule has 1 heterocycles. The molecule has 5 heteroatoms. The maximum atomic E-state index is 13.2. The molecule has 1 aromatic rings. The summed E-state index contributed by atoms with van der Waals surface area (Å²) < 4.78 is 13.2. The average molecular weight is 239 g/mol. The third-order valence-electron chi connectivity index (χ3n) is 3.25. The number of halogens is 1. The van der Waals surface area contributed by atoms with Gasteiger partial charge in [0.05, 0.1) is 0 Å². The highest BCUT2D eigenvalue weighted by atomic mass is 19.1. The van der Waals surface area contributed by atoms with Crippen LogP contribution in [0.2, 0.25) is 0 Å². The van der Waals surface area contributed by atoms with E-state index in [1.54, 1.807) is 4.90 Å². The minimum absolute atomic E-state index is 0.0681. The van der Waals surface area contributed by atoms with Crippen molar-refractivity contribution in [2.45, 2.75) is 24.7 Å². The topological polar surface area (TPSA) is 69.7 Å². The molecule has 0 amide bonds. The molecule has 0 bridgehead atoms. The van der Waals surface area contributed by atoms with E-state index in [0.29, 0.717) is 13.0 Å². The van der Waals surface area contributed by atoms with Crippen LogP contribution >= 0.6 is 0 Å². The SMILES string of the molecule is [CH2]C(O)N1CCC[C@@]1(N)c1cc(F)ccc1O. The number of hydrogen-bond acceptors (Lipinski definition) is 4. The van der Waals surface area contributed by atoms with Crippen molar-refractivity contribution in [1.29, 1.82) is 0 Å². The number of phenols is 1. The fourth-order valence-corrected chi connectivity index (χ4v) is 2.42. The van der Waals surface area contributed by atoms with Gasteiger partial charge in [-0.3, -0.25) is 4.90 Å². The lowest BCUT2D eigenvalue weighted by Gasteiger charge is -2.37. The summed E-state index contributed by atoms with van der Waals surface area (Å²) >= 11 is 0. The number of likely N-dealkylation sites (tertiary alicyclic amines) is 1. The molecule has 17 heavy (non-hydrogen) atoms. The number of aromatic hydroxyl groups is 1. The van der Waals surface area contributed by atoms with Gasteiger partial charge in [0.1, 0.15) is 23.5 Å². The van der Waals surface area contributed by atoms with Gasteiger partial charge in [-0.05, 0) is 38.0 Å². The van der Waals surface area contributed by atoms with Crippen molar-refractivity contribution in [1.82, 2.24) is 4.90 Å². The van der Waals surface area contributed by atoms with E-state index in [1.165, 1.54) is 18.2 Å². The Kier molecular flexibility index (Phi) is 3.07. The normalized spacial score (nSPS) is 27.3. The second-order valence-corrected chi connectivity index (χ2v) is 4.36. The molecule has 93 valence electrons. The van der Waals surface area contributed by atoms with Crippen LogP contribution in [0.4, 0.5) is 4.39 Å². The minimum atomic E-state index is -1.06. The van der Waals surface area contributed by atoms with Crippen molar-refractivity contribution < 1.29 is 14.6 Å². The number of benzene rings is 1. The summed E-state index contributed by atoms with van der Waals surface area (Å²) in [5.41, 5.74) is 5.42. The van der Waals surface area contributed by atoms with Crippen LogP contribution in [0, 0.1) is 12.7 Å². The van der Waals surface area contributed by atoms with E-state index in [4.69, 9.17) is 5.73 Å². The van der Waals surface area contributed by atoms with Crippen LogP contribution in [-0.2, 0) is 5.66 Å².